The first kappa shape index (κ1) is 13.6. The summed E-state index contributed by atoms with van der Waals surface area (Å²) in [6.07, 6.45) is 3.13. The second-order valence-corrected chi connectivity index (χ2v) is 4.86. The van der Waals surface area contributed by atoms with Crippen molar-refractivity contribution in [3.8, 4) is 5.75 Å². The summed E-state index contributed by atoms with van der Waals surface area (Å²) in [6, 6.07) is 6.13. The lowest BCUT2D eigenvalue weighted by Crippen LogP contribution is -2.36. The van der Waals surface area contributed by atoms with E-state index in [1.54, 1.807) is 7.11 Å². The monoisotopic (exact) mass is 260 g/mol. The SMILES string of the molecule is COc1ccc(C2=CCN(CC(N)=O)CC2)c(C)c1. The van der Waals surface area contributed by atoms with Crippen LogP contribution in [0.4, 0.5) is 0 Å². The first-order valence-corrected chi connectivity index (χ1v) is 6.45. The van der Waals surface area contributed by atoms with E-state index in [0.717, 1.165) is 25.3 Å². The molecule has 4 heteroatoms. The van der Waals surface area contributed by atoms with Gasteiger partial charge in [-0.1, -0.05) is 12.1 Å². The molecule has 0 aromatic heterocycles. The van der Waals surface area contributed by atoms with Crippen LogP contribution in [0.2, 0.25) is 0 Å². The number of ether oxygens (including phenoxy) is 1. The third-order valence-corrected chi connectivity index (χ3v) is 3.45. The van der Waals surface area contributed by atoms with E-state index in [4.69, 9.17) is 10.5 Å². The highest BCUT2D eigenvalue weighted by Gasteiger charge is 2.15. The van der Waals surface area contributed by atoms with Crippen molar-refractivity contribution in [1.82, 2.24) is 4.90 Å². The van der Waals surface area contributed by atoms with Crippen LogP contribution in [0.1, 0.15) is 17.5 Å². The van der Waals surface area contributed by atoms with Gasteiger partial charge in [-0.05, 0) is 42.2 Å². The third-order valence-electron chi connectivity index (χ3n) is 3.45. The molecule has 0 fully saturated rings. The van der Waals surface area contributed by atoms with Gasteiger partial charge >= 0.3 is 0 Å². The lowest BCUT2D eigenvalue weighted by atomic mass is 9.95. The van der Waals surface area contributed by atoms with Gasteiger partial charge in [0.05, 0.1) is 13.7 Å². The van der Waals surface area contributed by atoms with Gasteiger partial charge in [-0.25, -0.2) is 0 Å². The number of nitrogens with two attached hydrogens (primary N) is 1. The first-order valence-electron chi connectivity index (χ1n) is 6.45. The van der Waals surface area contributed by atoms with E-state index >= 15 is 0 Å². The molecule has 1 aromatic carbocycles. The third kappa shape index (κ3) is 3.35. The molecule has 0 atom stereocenters. The molecular weight excluding hydrogens is 240 g/mol. The van der Waals surface area contributed by atoms with Crippen molar-refractivity contribution in [2.75, 3.05) is 26.7 Å². The number of amides is 1. The molecule has 0 saturated heterocycles. The minimum absolute atomic E-state index is 0.266. The van der Waals surface area contributed by atoms with Crippen LogP contribution in [0.5, 0.6) is 5.75 Å². The Labute approximate surface area is 113 Å². The van der Waals surface area contributed by atoms with Crippen LogP contribution < -0.4 is 10.5 Å². The number of methoxy groups -OCH3 is 1. The Bertz CT molecular complexity index is 509. The van der Waals surface area contributed by atoms with Crippen LogP contribution >= 0.6 is 0 Å². The number of hydrogen-bond donors (Lipinski definition) is 1. The fraction of sp³-hybridized carbons (Fsp3) is 0.400. The van der Waals surface area contributed by atoms with Crippen molar-refractivity contribution in [3.63, 3.8) is 0 Å². The molecule has 0 spiro atoms. The molecule has 1 aliphatic rings. The molecule has 1 aliphatic heterocycles. The highest BCUT2D eigenvalue weighted by Crippen LogP contribution is 2.27. The van der Waals surface area contributed by atoms with Gasteiger partial charge in [-0.3, -0.25) is 9.69 Å². The average Bonchev–Trinajstić information content (AvgIpc) is 2.39. The van der Waals surface area contributed by atoms with E-state index in [-0.39, 0.29) is 5.91 Å². The highest BCUT2D eigenvalue weighted by molar-refractivity contribution is 5.76. The minimum Gasteiger partial charge on any atom is -0.497 e. The number of carbonyl (C=O) groups is 1. The molecular formula is C15H20N2O2. The quantitative estimate of drug-likeness (QED) is 0.894. The Kier molecular flexibility index (Phi) is 4.22. The fourth-order valence-electron chi connectivity index (χ4n) is 2.44. The Morgan fingerprint density at radius 1 is 1.47 bits per heavy atom. The second-order valence-electron chi connectivity index (χ2n) is 4.86. The fourth-order valence-corrected chi connectivity index (χ4v) is 2.44. The summed E-state index contributed by atoms with van der Waals surface area (Å²) in [5.41, 5.74) is 9.02. The normalized spacial score (nSPS) is 16.0. The van der Waals surface area contributed by atoms with E-state index < -0.39 is 0 Å². The summed E-state index contributed by atoms with van der Waals surface area (Å²) in [6.45, 7) is 4.09. The topological polar surface area (TPSA) is 55.6 Å². The molecule has 2 N–H and O–H groups in total. The lowest BCUT2D eigenvalue weighted by molar-refractivity contribution is -0.119. The van der Waals surface area contributed by atoms with Gasteiger partial charge in [0.2, 0.25) is 5.91 Å². The Morgan fingerprint density at radius 2 is 2.26 bits per heavy atom. The van der Waals surface area contributed by atoms with Crippen molar-refractivity contribution >= 4 is 11.5 Å². The van der Waals surface area contributed by atoms with Crippen LogP contribution in [0.3, 0.4) is 0 Å². The van der Waals surface area contributed by atoms with Crippen LogP contribution in [-0.4, -0.2) is 37.6 Å². The summed E-state index contributed by atoms with van der Waals surface area (Å²) in [7, 11) is 1.68. The molecule has 0 aliphatic carbocycles. The van der Waals surface area contributed by atoms with Gasteiger partial charge in [0.15, 0.2) is 0 Å². The van der Waals surface area contributed by atoms with Gasteiger partial charge in [0.25, 0.3) is 0 Å². The average molecular weight is 260 g/mol. The van der Waals surface area contributed by atoms with Crippen LogP contribution in [0.15, 0.2) is 24.3 Å². The number of carbonyl (C=O) groups excluding carboxylic acids is 1. The number of nitrogens with zero attached hydrogens (tertiary/aromatic N) is 1. The zero-order chi connectivity index (χ0) is 13.8. The van der Waals surface area contributed by atoms with Crippen molar-refractivity contribution < 1.29 is 9.53 Å². The number of benzene rings is 1. The van der Waals surface area contributed by atoms with Crippen LogP contribution in [0.25, 0.3) is 5.57 Å². The van der Waals surface area contributed by atoms with E-state index in [2.05, 4.69) is 24.0 Å². The van der Waals surface area contributed by atoms with E-state index in [9.17, 15) is 4.79 Å². The Balaban J connectivity index is 2.11. The van der Waals surface area contributed by atoms with E-state index in [0.29, 0.717) is 6.54 Å². The second kappa shape index (κ2) is 5.89. The molecule has 19 heavy (non-hydrogen) atoms. The summed E-state index contributed by atoms with van der Waals surface area (Å²) in [5.74, 6) is 0.616. The smallest absolute Gasteiger partial charge is 0.231 e. The summed E-state index contributed by atoms with van der Waals surface area (Å²) in [4.78, 5) is 12.9. The van der Waals surface area contributed by atoms with Crippen LogP contribution in [-0.2, 0) is 4.79 Å². The van der Waals surface area contributed by atoms with Crippen LogP contribution in [0, 0.1) is 6.92 Å². The highest BCUT2D eigenvalue weighted by atomic mass is 16.5. The molecule has 0 saturated carbocycles. The van der Waals surface area contributed by atoms with Crippen molar-refractivity contribution in [2.45, 2.75) is 13.3 Å². The molecule has 1 heterocycles. The van der Waals surface area contributed by atoms with Gasteiger partial charge in [0, 0.05) is 13.1 Å². The van der Waals surface area contributed by atoms with Gasteiger partial charge in [-0.2, -0.15) is 0 Å². The molecule has 1 amide bonds. The van der Waals surface area contributed by atoms with Gasteiger partial charge < -0.3 is 10.5 Å². The lowest BCUT2D eigenvalue weighted by Gasteiger charge is -2.25. The molecule has 4 nitrogen and oxygen atoms in total. The number of primary amides is 1. The summed E-state index contributed by atoms with van der Waals surface area (Å²) < 4.78 is 5.22. The van der Waals surface area contributed by atoms with Crippen molar-refractivity contribution in [3.05, 3.63) is 35.4 Å². The van der Waals surface area contributed by atoms with Crippen molar-refractivity contribution in [1.29, 1.82) is 0 Å². The zero-order valence-electron chi connectivity index (χ0n) is 11.5. The Hall–Kier alpha value is -1.81. The van der Waals surface area contributed by atoms with Crippen molar-refractivity contribution in [2.24, 2.45) is 5.73 Å². The van der Waals surface area contributed by atoms with E-state index in [1.165, 1.54) is 16.7 Å². The van der Waals surface area contributed by atoms with E-state index in [1.807, 2.05) is 12.1 Å². The zero-order valence-corrected chi connectivity index (χ0v) is 11.5. The number of rotatable bonds is 4. The maximum atomic E-state index is 10.9. The maximum Gasteiger partial charge on any atom is 0.231 e. The predicted octanol–water partition coefficient (Wildman–Crippen LogP) is 1.58. The molecule has 2 rings (SSSR count). The molecule has 0 radical (unpaired) electrons. The predicted molar refractivity (Wildman–Crippen MR) is 76.0 cm³/mol. The Morgan fingerprint density at radius 3 is 2.79 bits per heavy atom. The minimum atomic E-state index is -0.266. The molecule has 0 bridgehead atoms. The summed E-state index contributed by atoms with van der Waals surface area (Å²) >= 11 is 0. The number of hydrogen-bond acceptors (Lipinski definition) is 3. The first-order chi connectivity index (χ1) is 9.10. The largest absolute Gasteiger partial charge is 0.497 e. The summed E-state index contributed by atoms with van der Waals surface area (Å²) in [5, 5.41) is 0. The molecule has 0 unspecified atom stereocenters. The van der Waals surface area contributed by atoms with Gasteiger partial charge in [0.1, 0.15) is 5.75 Å². The molecule has 1 aromatic rings. The maximum absolute atomic E-state index is 10.9. The number of aryl methyl sites for hydroxylation is 1. The van der Waals surface area contributed by atoms with Gasteiger partial charge in [-0.15, -0.1) is 0 Å². The molecule has 102 valence electrons. The standard InChI is InChI=1S/C15H20N2O2/c1-11-9-13(19-2)3-4-14(11)12-5-7-17(8-6-12)10-15(16)18/h3-5,9H,6-8,10H2,1-2H3,(H2,16,18).